The van der Waals surface area contributed by atoms with Crippen LogP contribution in [0.5, 0.6) is 5.88 Å². The van der Waals surface area contributed by atoms with E-state index >= 15 is 0 Å². The average molecular weight is 276 g/mol. The molecule has 0 radical (unpaired) electrons. The Morgan fingerprint density at radius 1 is 1.35 bits per heavy atom. The van der Waals surface area contributed by atoms with Gasteiger partial charge in [-0.1, -0.05) is 19.1 Å². The number of nitrogens with zero attached hydrogens (tertiary/aromatic N) is 4. The summed E-state index contributed by atoms with van der Waals surface area (Å²) in [6.07, 6.45) is 4.40. The van der Waals surface area contributed by atoms with Crippen LogP contribution in [0.1, 0.15) is 26.3 Å². The number of methoxy groups -OCH3 is 1. The zero-order valence-corrected chi connectivity index (χ0v) is 12.0. The van der Waals surface area contributed by atoms with Crippen LogP contribution in [0, 0.1) is 5.92 Å². The maximum Gasteiger partial charge on any atom is 0.212 e. The highest BCUT2D eigenvalue weighted by molar-refractivity contribution is 5.56. The molecule has 0 aliphatic carbocycles. The smallest absolute Gasteiger partial charge is 0.212 e. The second-order valence-corrected chi connectivity index (χ2v) is 5.14. The van der Waals surface area contributed by atoms with Crippen LogP contribution in [-0.2, 0) is 0 Å². The van der Waals surface area contributed by atoms with Gasteiger partial charge in [0.1, 0.15) is 5.69 Å². The van der Waals surface area contributed by atoms with Crippen molar-refractivity contribution < 1.29 is 9.84 Å². The first-order valence-electron chi connectivity index (χ1n) is 6.67. The molecule has 6 nitrogen and oxygen atoms in total. The highest BCUT2D eigenvalue weighted by Crippen LogP contribution is 2.21. The van der Waals surface area contributed by atoms with Crippen LogP contribution in [0.3, 0.4) is 0 Å². The van der Waals surface area contributed by atoms with Crippen LogP contribution in [0.15, 0.2) is 24.5 Å². The van der Waals surface area contributed by atoms with Gasteiger partial charge in [-0.15, -0.1) is 5.10 Å². The summed E-state index contributed by atoms with van der Waals surface area (Å²) >= 11 is 0. The minimum atomic E-state index is -0.0394. The van der Waals surface area contributed by atoms with Crippen molar-refractivity contribution in [1.82, 2.24) is 20.0 Å². The molecule has 0 fully saturated rings. The normalized spacial score (nSPS) is 12.7. The van der Waals surface area contributed by atoms with Crippen molar-refractivity contribution >= 4 is 0 Å². The summed E-state index contributed by atoms with van der Waals surface area (Å²) in [6.45, 7) is 4.30. The standard InChI is InChI=1S/C14H20N4O2/c1-10(2)6-12(9-19)18-8-13(16-17-18)11-4-5-14(20-3)15-7-11/h4-5,7-8,10,12,19H,6,9H2,1-3H3/t12-/m0/s1. The van der Waals surface area contributed by atoms with Gasteiger partial charge >= 0.3 is 0 Å². The molecule has 108 valence electrons. The van der Waals surface area contributed by atoms with Crippen LogP contribution < -0.4 is 4.74 Å². The lowest BCUT2D eigenvalue weighted by molar-refractivity contribution is 0.196. The fourth-order valence-corrected chi connectivity index (χ4v) is 2.05. The number of aliphatic hydroxyl groups excluding tert-OH is 1. The average Bonchev–Trinajstić information content (AvgIpc) is 2.94. The maximum absolute atomic E-state index is 9.46. The highest BCUT2D eigenvalue weighted by atomic mass is 16.5. The lowest BCUT2D eigenvalue weighted by Gasteiger charge is -2.15. The first kappa shape index (κ1) is 14.5. The molecule has 0 saturated carbocycles. The lowest BCUT2D eigenvalue weighted by Crippen LogP contribution is -2.16. The van der Waals surface area contributed by atoms with Crippen molar-refractivity contribution in [3.05, 3.63) is 24.5 Å². The summed E-state index contributed by atoms with van der Waals surface area (Å²) in [5.41, 5.74) is 1.61. The van der Waals surface area contributed by atoms with E-state index in [1.54, 1.807) is 24.1 Å². The monoisotopic (exact) mass is 276 g/mol. The molecule has 2 aromatic heterocycles. The van der Waals surface area contributed by atoms with Crippen molar-refractivity contribution in [3.63, 3.8) is 0 Å². The van der Waals surface area contributed by atoms with E-state index < -0.39 is 0 Å². The Labute approximate surface area is 118 Å². The summed E-state index contributed by atoms with van der Waals surface area (Å²) in [6, 6.07) is 3.63. The number of hydrogen-bond donors (Lipinski definition) is 1. The molecular formula is C14H20N4O2. The van der Waals surface area contributed by atoms with Gasteiger partial charge < -0.3 is 9.84 Å². The van der Waals surface area contributed by atoms with E-state index in [0.717, 1.165) is 17.7 Å². The second-order valence-electron chi connectivity index (χ2n) is 5.14. The number of aromatic nitrogens is 4. The second kappa shape index (κ2) is 6.47. The number of hydrogen-bond acceptors (Lipinski definition) is 5. The largest absolute Gasteiger partial charge is 0.481 e. The third-order valence-corrected chi connectivity index (χ3v) is 3.08. The van der Waals surface area contributed by atoms with Gasteiger partial charge in [0.25, 0.3) is 0 Å². The maximum atomic E-state index is 9.46. The topological polar surface area (TPSA) is 73.1 Å². The number of ether oxygens (including phenoxy) is 1. The molecule has 2 rings (SSSR count). The third-order valence-electron chi connectivity index (χ3n) is 3.08. The molecule has 1 atom stereocenters. The van der Waals surface area contributed by atoms with E-state index in [9.17, 15) is 5.11 Å². The number of pyridine rings is 1. The summed E-state index contributed by atoms with van der Waals surface area (Å²) in [7, 11) is 1.58. The van der Waals surface area contributed by atoms with Gasteiger partial charge in [0, 0.05) is 17.8 Å². The summed E-state index contributed by atoms with van der Waals surface area (Å²) in [5, 5.41) is 17.7. The summed E-state index contributed by atoms with van der Waals surface area (Å²) in [5.74, 6) is 1.05. The van der Waals surface area contributed by atoms with E-state index in [0.29, 0.717) is 11.8 Å². The van der Waals surface area contributed by atoms with E-state index in [1.807, 2.05) is 12.3 Å². The van der Waals surface area contributed by atoms with Crippen LogP contribution >= 0.6 is 0 Å². The van der Waals surface area contributed by atoms with Crippen LogP contribution in [0.2, 0.25) is 0 Å². The fraction of sp³-hybridized carbons (Fsp3) is 0.500. The molecule has 1 N–H and O–H groups in total. The quantitative estimate of drug-likeness (QED) is 0.872. The van der Waals surface area contributed by atoms with E-state index in [1.165, 1.54) is 0 Å². The fourth-order valence-electron chi connectivity index (χ4n) is 2.05. The van der Waals surface area contributed by atoms with E-state index in [2.05, 4.69) is 29.1 Å². The van der Waals surface area contributed by atoms with Gasteiger partial charge in [-0.3, -0.25) is 0 Å². The predicted octanol–water partition coefficient (Wildman–Crippen LogP) is 1.93. The molecule has 20 heavy (non-hydrogen) atoms. The molecule has 0 saturated heterocycles. The van der Waals surface area contributed by atoms with Crippen LogP contribution in [0.4, 0.5) is 0 Å². The zero-order chi connectivity index (χ0) is 14.5. The molecule has 0 amide bonds. The minimum absolute atomic E-state index is 0.0394. The molecule has 0 bridgehead atoms. The van der Waals surface area contributed by atoms with Gasteiger partial charge in [0.15, 0.2) is 0 Å². The number of aliphatic hydroxyl groups is 1. The van der Waals surface area contributed by atoms with Crippen molar-refractivity contribution in [2.24, 2.45) is 5.92 Å². The van der Waals surface area contributed by atoms with Gasteiger partial charge in [0.05, 0.1) is 26.0 Å². The molecule has 0 aliphatic heterocycles. The molecule has 2 aromatic rings. The van der Waals surface area contributed by atoms with Gasteiger partial charge in [-0.2, -0.15) is 0 Å². The first-order valence-corrected chi connectivity index (χ1v) is 6.67. The Kier molecular flexibility index (Phi) is 4.68. The Morgan fingerprint density at radius 3 is 2.70 bits per heavy atom. The Hall–Kier alpha value is -1.95. The molecule has 0 aliphatic rings. The van der Waals surface area contributed by atoms with Crippen LogP contribution in [-0.4, -0.2) is 38.8 Å². The van der Waals surface area contributed by atoms with Crippen molar-refractivity contribution in [2.45, 2.75) is 26.3 Å². The predicted molar refractivity (Wildman–Crippen MR) is 75.4 cm³/mol. The Balaban J connectivity index is 2.18. The van der Waals surface area contributed by atoms with E-state index in [-0.39, 0.29) is 12.6 Å². The molecule has 0 aromatic carbocycles. The molecule has 0 spiro atoms. The number of rotatable bonds is 6. The SMILES string of the molecule is COc1ccc(-c2cn([C@H](CO)CC(C)C)nn2)cn1. The Morgan fingerprint density at radius 2 is 2.15 bits per heavy atom. The van der Waals surface area contributed by atoms with Gasteiger partial charge in [0.2, 0.25) is 5.88 Å². The molecule has 6 heteroatoms. The highest BCUT2D eigenvalue weighted by Gasteiger charge is 2.14. The Bertz CT molecular complexity index is 536. The van der Waals surface area contributed by atoms with Crippen molar-refractivity contribution in [1.29, 1.82) is 0 Å². The zero-order valence-electron chi connectivity index (χ0n) is 12.0. The lowest BCUT2D eigenvalue weighted by atomic mass is 10.0. The summed E-state index contributed by atoms with van der Waals surface area (Å²) in [4.78, 5) is 4.15. The molecule has 2 heterocycles. The van der Waals surface area contributed by atoms with Gasteiger partial charge in [-0.25, -0.2) is 9.67 Å². The first-order chi connectivity index (χ1) is 9.63. The van der Waals surface area contributed by atoms with Crippen LogP contribution in [0.25, 0.3) is 11.3 Å². The van der Waals surface area contributed by atoms with Crippen molar-refractivity contribution in [3.8, 4) is 17.1 Å². The molecular weight excluding hydrogens is 256 g/mol. The van der Waals surface area contributed by atoms with E-state index in [4.69, 9.17) is 4.74 Å². The third kappa shape index (κ3) is 3.33. The molecule has 0 unspecified atom stereocenters. The van der Waals surface area contributed by atoms with Crippen molar-refractivity contribution in [2.75, 3.05) is 13.7 Å². The summed E-state index contributed by atoms with van der Waals surface area (Å²) < 4.78 is 6.75. The van der Waals surface area contributed by atoms with Gasteiger partial charge in [-0.05, 0) is 18.4 Å². The minimum Gasteiger partial charge on any atom is -0.481 e.